The summed E-state index contributed by atoms with van der Waals surface area (Å²) in [5.41, 5.74) is 0.567. The largest absolute Gasteiger partial charge is 0.481 e. The van der Waals surface area contributed by atoms with E-state index in [0.717, 1.165) is 18.7 Å². The predicted octanol–water partition coefficient (Wildman–Crippen LogP) is 1.67. The van der Waals surface area contributed by atoms with E-state index in [1.807, 2.05) is 0 Å². The summed E-state index contributed by atoms with van der Waals surface area (Å²) in [6.07, 6.45) is 3.73. The van der Waals surface area contributed by atoms with Crippen LogP contribution in [-0.2, 0) is 6.54 Å². The number of methoxy groups -OCH3 is 1. The van der Waals surface area contributed by atoms with Gasteiger partial charge in [-0.1, -0.05) is 5.16 Å². The normalized spacial score (nSPS) is 13.8. The summed E-state index contributed by atoms with van der Waals surface area (Å²) < 4.78 is 10.0. The molecule has 0 bridgehead atoms. The fourth-order valence-corrected chi connectivity index (χ4v) is 1.75. The summed E-state index contributed by atoms with van der Waals surface area (Å²) in [4.78, 5) is 19.9. The third-order valence-electron chi connectivity index (χ3n) is 3.03. The zero-order valence-electron chi connectivity index (χ0n) is 11.5. The maximum atomic E-state index is 11.7. The average Bonchev–Trinajstić information content (AvgIpc) is 3.25. The van der Waals surface area contributed by atoms with Crippen LogP contribution in [0.2, 0.25) is 0 Å². The Kier molecular flexibility index (Phi) is 3.67. The Morgan fingerprint density at radius 1 is 1.48 bits per heavy atom. The third kappa shape index (κ3) is 3.47. The topological polar surface area (TPSA) is 102 Å². The second-order valence-corrected chi connectivity index (χ2v) is 4.72. The van der Waals surface area contributed by atoms with E-state index in [-0.39, 0.29) is 12.6 Å². The fourth-order valence-electron chi connectivity index (χ4n) is 1.75. The van der Waals surface area contributed by atoms with Gasteiger partial charge < -0.3 is 19.9 Å². The molecule has 8 heteroatoms. The number of carbonyl (C=O) groups is 1. The van der Waals surface area contributed by atoms with E-state index in [1.165, 1.54) is 13.3 Å². The van der Waals surface area contributed by atoms with E-state index < -0.39 is 0 Å². The van der Waals surface area contributed by atoms with Crippen LogP contribution in [0, 0.1) is 0 Å². The Bertz CT molecular complexity index is 621. The van der Waals surface area contributed by atoms with Crippen molar-refractivity contribution in [2.45, 2.75) is 25.3 Å². The molecule has 1 saturated carbocycles. The molecule has 110 valence electrons. The smallest absolute Gasteiger partial charge is 0.319 e. The molecule has 0 radical (unpaired) electrons. The zero-order chi connectivity index (χ0) is 14.7. The standard InChI is InChI=1S/C13H15N5O3/c1-20-10-5-4-9(6-14-10)16-13(19)15-7-11-17-12(18-21-11)8-2-3-8/h4-6,8H,2-3,7H2,1H3,(H2,15,16,19). The number of rotatable bonds is 5. The van der Waals surface area contributed by atoms with Gasteiger partial charge in [-0.2, -0.15) is 4.98 Å². The highest BCUT2D eigenvalue weighted by atomic mass is 16.5. The second-order valence-electron chi connectivity index (χ2n) is 4.72. The van der Waals surface area contributed by atoms with E-state index >= 15 is 0 Å². The van der Waals surface area contributed by atoms with Crippen LogP contribution in [0.25, 0.3) is 0 Å². The molecule has 0 spiro atoms. The first-order chi connectivity index (χ1) is 10.2. The number of amides is 2. The molecule has 1 fully saturated rings. The van der Waals surface area contributed by atoms with Crippen molar-refractivity contribution in [3.63, 3.8) is 0 Å². The Balaban J connectivity index is 1.48. The van der Waals surface area contributed by atoms with Crippen LogP contribution >= 0.6 is 0 Å². The number of carbonyl (C=O) groups excluding carboxylic acids is 1. The van der Waals surface area contributed by atoms with Gasteiger partial charge in [0.15, 0.2) is 5.82 Å². The van der Waals surface area contributed by atoms with Crippen molar-refractivity contribution in [2.24, 2.45) is 0 Å². The van der Waals surface area contributed by atoms with Crippen LogP contribution < -0.4 is 15.4 Å². The molecule has 3 rings (SSSR count). The zero-order valence-corrected chi connectivity index (χ0v) is 11.5. The van der Waals surface area contributed by atoms with Gasteiger partial charge in [-0.3, -0.25) is 0 Å². The van der Waals surface area contributed by atoms with E-state index in [4.69, 9.17) is 9.26 Å². The molecule has 2 aromatic heterocycles. The number of urea groups is 1. The van der Waals surface area contributed by atoms with Gasteiger partial charge in [-0.05, 0) is 18.9 Å². The van der Waals surface area contributed by atoms with Crippen molar-refractivity contribution in [3.05, 3.63) is 30.0 Å². The molecule has 8 nitrogen and oxygen atoms in total. The predicted molar refractivity (Wildman–Crippen MR) is 72.9 cm³/mol. The van der Waals surface area contributed by atoms with Crippen LogP contribution in [0.5, 0.6) is 5.88 Å². The van der Waals surface area contributed by atoms with Crippen LogP contribution in [0.1, 0.15) is 30.5 Å². The quantitative estimate of drug-likeness (QED) is 0.868. The first kappa shape index (κ1) is 13.3. The SMILES string of the molecule is COc1ccc(NC(=O)NCc2nc(C3CC3)no2)cn1. The average molecular weight is 289 g/mol. The van der Waals surface area contributed by atoms with Crippen molar-refractivity contribution >= 4 is 11.7 Å². The van der Waals surface area contributed by atoms with Crippen molar-refractivity contribution in [2.75, 3.05) is 12.4 Å². The minimum absolute atomic E-state index is 0.190. The summed E-state index contributed by atoms with van der Waals surface area (Å²) in [6.45, 7) is 0.190. The van der Waals surface area contributed by atoms with Gasteiger partial charge in [0.05, 0.1) is 25.5 Å². The number of hydrogen-bond donors (Lipinski definition) is 2. The van der Waals surface area contributed by atoms with Crippen molar-refractivity contribution in [1.29, 1.82) is 0 Å². The maximum absolute atomic E-state index is 11.7. The molecule has 0 atom stereocenters. The van der Waals surface area contributed by atoms with Crippen LogP contribution in [0.4, 0.5) is 10.5 Å². The molecule has 2 amide bonds. The number of pyridine rings is 1. The molecule has 21 heavy (non-hydrogen) atoms. The first-order valence-corrected chi connectivity index (χ1v) is 6.62. The van der Waals surface area contributed by atoms with E-state index in [1.54, 1.807) is 12.1 Å². The Labute approximate surface area is 120 Å². The number of ether oxygens (including phenoxy) is 1. The first-order valence-electron chi connectivity index (χ1n) is 6.62. The summed E-state index contributed by atoms with van der Waals surface area (Å²) >= 11 is 0. The van der Waals surface area contributed by atoms with E-state index in [2.05, 4.69) is 25.8 Å². The number of anilines is 1. The fraction of sp³-hybridized carbons (Fsp3) is 0.385. The van der Waals surface area contributed by atoms with Crippen LogP contribution in [-0.4, -0.2) is 28.3 Å². The highest BCUT2D eigenvalue weighted by molar-refractivity contribution is 5.88. The van der Waals surface area contributed by atoms with Crippen molar-refractivity contribution in [1.82, 2.24) is 20.4 Å². The number of hydrogen-bond acceptors (Lipinski definition) is 6. The lowest BCUT2D eigenvalue weighted by atomic mass is 10.4. The number of aromatic nitrogens is 3. The molecule has 1 aliphatic rings. The highest BCUT2D eigenvalue weighted by Crippen LogP contribution is 2.37. The third-order valence-corrected chi connectivity index (χ3v) is 3.03. The molecule has 0 unspecified atom stereocenters. The Hall–Kier alpha value is -2.64. The van der Waals surface area contributed by atoms with Gasteiger partial charge >= 0.3 is 6.03 Å². The lowest BCUT2D eigenvalue weighted by Crippen LogP contribution is -2.28. The molecule has 0 aromatic carbocycles. The van der Waals surface area contributed by atoms with Gasteiger partial charge in [-0.25, -0.2) is 9.78 Å². The molecular weight excluding hydrogens is 274 g/mol. The molecular formula is C13H15N5O3. The Morgan fingerprint density at radius 3 is 3.00 bits per heavy atom. The summed E-state index contributed by atoms with van der Waals surface area (Å²) in [5, 5.41) is 9.17. The van der Waals surface area contributed by atoms with Gasteiger partial charge in [0.25, 0.3) is 0 Å². The lowest BCUT2D eigenvalue weighted by molar-refractivity contribution is 0.249. The number of nitrogens with one attached hydrogen (secondary N) is 2. The summed E-state index contributed by atoms with van der Waals surface area (Å²) in [5.74, 6) is 2.05. The highest BCUT2D eigenvalue weighted by Gasteiger charge is 2.28. The van der Waals surface area contributed by atoms with Crippen molar-refractivity contribution < 1.29 is 14.1 Å². The molecule has 1 aliphatic carbocycles. The number of nitrogens with zero attached hydrogens (tertiary/aromatic N) is 3. The second kappa shape index (κ2) is 5.78. The molecule has 0 saturated heterocycles. The minimum atomic E-state index is -0.367. The van der Waals surface area contributed by atoms with Gasteiger partial charge in [-0.15, -0.1) is 0 Å². The van der Waals surface area contributed by atoms with Crippen LogP contribution in [0.3, 0.4) is 0 Å². The van der Waals surface area contributed by atoms with Crippen LogP contribution in [0.15, 0.2) is 22.9 Å². The maximum Gasteiger partial charge on any atom is 0.319 e. The van der Waals surface area contributed by atoms with Gasteiger partial charge in [0.2, 0.25) is 11.8 Å². The van der Waals surface area contributed by atoms with E-state index in [0.29, 0.717) is 23.4 Å². The van der Waals surface area contributed by atoms with Gasteiger partial charge in [0, 0.05) is 12.0 Å². The summed E-state index contributed by atoms with van der Waals surface area (Å²) in [7, 11) is 1.53. The van der Waals surface area contributed by atoms with Gasteiger partial charge in [0.1, 0.15) is 0 Å². The minimum Gasteiger partial charge on any atom is -0.481 e. The molecule has 2 N–H and O–H groups in total. The molecule has 2 aromatic rings. The van der Waals surface area contributed by atoms with Crippen molar-refractivity contribution in [3.8, 4) is 5.88 Å². The monoisotopic (exact) mass is 289 g/mol. The van der Waals surface area contributed by atoms with E-state index in [9.17, 15) is 4.79 Å². The lowest BCUT2D eigenvalue weighted by Gasteiger charge is -2.06. The molecule has 2 heterocycles. The summed E-state index contributed by atoms with van der Waals surface area (Å²) in [6, 6.07) is 2.99. The molecule has 0 aliphatic heterocycles. The Morgan fingerprint density at radius 2 is 2.33 bits per heavy atom.